The normalized spacial score (nSPS) is 15.9. The Morgan fingerprint density at radius 2 is 2.27 bits per heavy atom. The molecular formula is C8H16O3. The van der Waals surface area contributed by atoms with Crippen molar-refractivity contribution in [2.24, 2.45) is 0 Å². The first-order valence-electron chi connectivity index (χ1n) is 3.64. The van der Waals surface area contributed by atoms with Crippen molar-refractivity contribution in [1.29, 1.82) is 0 Å². The Balaban J connectivity index is 3.29. The van der Waals surface area contributed by atoms with Gasteiger partial charge in [-0.05, 0) is 6.92 Å². The molecule has 0 aromatic heterocycles. The van der Waals surface area contributed by atoms with Gasteiger partial charge in [0.15, 0.2) is 0 Å². The van der Waals surface area contributed by atoms with Crippen LogP contribution >= 0.6 is 0 Å². The van der Waals surface area contributed by atoms with Crippen LogP contribution in [0, 0.1) is 0 Å². The number of rotatable bonds is 6. The summed E-state index contributed by atoms with van der Waals surface area (Å²) in [4.78, 5) is 0. The van der Waals surface area contributed by atoms with E-state index in [0.29, 0.717) is 19.6 Å². The van der Waals surface area contributed by atoms with Gasteiger partial charge >= 0.3 is 0 Å². The molecule has 0 amide bonds. The summed E-state index contributed by atoms with van der Waals surface area (Å²) in [6.07, 6.45) is 2.09. The summed E-state index contributed by atoms with van der Waals surface area (Å²) in [5.41, 5.74) is -1.01. The zero-order valence-corrected chi connectivity index (χ0v) is 6.92. The highest BCUT2D eigenvalue weighted by molar-refractivity contribution is 4.70. The number of hydrogen-bond acceptors (Lipinski definition) is 3. The van der Waals surface area contributed by atoms with Crippen LogP contribution in [-0.4, -0.2) is 35.6 Å². The molecule has 0 aromatic rings. The fourth-order valence-corrected chi connectivity index (χ4v) is 0.538. The molecule has 0 aliphatic rings. The first kappa shape index (κ1) is 10.6. The summed E-state index contributed by atoms with van der Waals surface area (Å²) in [6.45, 7) is 5.75. The molecule has 3 heteroatoms. The molecule has 0 fully saturated rings. The minimum Gasteiger partial charge on any atom is -0.393 e. The Kier molecular flexibility index (Phi) is 5.11. The Bertz CT molecular complexity index is 110. The summed E-state index contributed by atoms with van der Waals surface area (Å²) in [5.74, 6) is 0. The van der Waals surface area contributed by atoms with Gasteiger partial charge < -0.3 is 14.9 Å². The van der Waals surface area contributed by atoms with Crippen molar-refractivity contribution in [2.75, 3.05) is 19.8 Å². The van der Waals surface area contributed by atoms with E-state index < -0.39 is 5.60 Å². The molecule has 3 nitrogen and oxygen atoms in total. The molecule has 0 radical (unpaired) electrons. The molecule has 0 aliphatic heterocycles. The SMILES string of the molecule is C=CCOCCC(C)(O)CO. The smallest absolute Gasteiger partial charge is 0.0871 e. The van der Waals surface area contributed by atoms with Gasteiger partial charge in [0.25, 0.3) is 0 Å². The Morgan fingerprint density at radius 1 is 1.64 bits per heavy atom. The molecule has 0 aromatic carbocycles. The van der Waals surface area contributed by atoms with Crippen LogP contribution in [-0.2, 0) is 4.74 Å². The lowest BCUT2D eigenvalue weighted by Gasteiger charge is -2.19. The van der Waals surface area contributed by atoms with E-state index in [9.17, 15) is 5.11 Å². The molecule has 1 atom stereocenters. The van der Waals surface area contributed by atoms with Crippen molar-refractivity contribution in [2.45, 2.75) is 18.9 Å². The van der Waals surface area contributed by atoms with E-state index in [0.717, 1.165) is 0 Å². The van der Waals surface area contributed by atoms with Crippen molar-refractivity contribution in [3.05, 3.63) is 12.7 Å². The number of ether oxygens (including phenoxy) is 1. The third kappa shape index (κ3) is 6.04. The predicted octanol–water partition coefficient (Wildman–Crippen LogP) is 0.322. The second-order valence-electron chi connectivity index (χ2n) is 2.77. The quantitative estimate of drug-likeness (QED) is 0.434. The summed E-state index contributed by atoms with van der Waals surface area (Å²) in [6, 6.07) is 0. The summed E-state index contributed by atoms with van der Waals surface area (Å²) >= 11 is 0. The Morgan fingerprint density at radius 3 is 2.73 bits per heavy atom. The number of aliphatic hydroxyl groups is 2. The van der Waals surface area contributed by atoms with E-state index in [1.54, 1.807) is 13.0 Å². The summed E-state index contributed by atoms with van der Waals surface area (Å²) in [5, 5.41) is 17.9. The van der Waals surface area contributed by atoms with E-state index in [1.807, 2.05) is 0 Å². The maximum absolute atomic E-state index is 9.27. The number of aliphatic hydroxyl groups excluding tert-OH is 1. The van der Waals surface area contributed by atoms with Crippen LogP contribution in [0.3, 0.4) is 0 Å². The predicted molar refractivity (Wildman–Crippen MR) is 43.3 cm³/mol. The number of hydrogen-bond donors (Lipinski definition) is 2. The van der Waals surface area contributed by atoms with Crippen LogP contribution in [0.25, 0.3) is 0 Å². The zero-order chi connectivity index (χ0) is 8.74. The molecule has 0 saturated carbocycles. The molecule has 11 heavy (non-hydrogen) atoms. The van der Waals surface area contributed by atoms with Gasteiger partial charge in [-0.25, -0.2) is 0 Å². The van der Waals surface area contributed by atoms with E-state index >= 15 is 0 Å². The molecule has 66 valence electrons. The van der Waals surface area contributed by atoms with Crippen molar-refractivity contribution >= 4 is 0 Å². The molecule has 0 heterocycles. The molecule has 0 bridgehead atoms. The molecule has 0 rings (SSSR count). The van der Waals surface area contributed by atoms with E-state index in [4.69, 9.17) is 9.84 Å². The Hall–Kier alpha value is -0.380. The van der Waals surface area contributed by atoms with Gasteiger partial charge in [0.1, 0.15) is 0 Å². The molecule has 1 unspecified atom stereocenters. The first-order chi connectivity index (χ1) is 5.12. The zero-order valence-electron chi connectivity index (χ0n) is 6.92. The third-order valence-corrected chi connectivity index (χ3v) is 1.36. The van der Waals surface area contributed by atoms with Gasteiger partial charge in [-0.2, -0.15) is 0 Å². The highest BCUT2D eigenvalue weighted by Gasteiger charge is 2.17. The van der Waals surface area contributed by atoms with Crippen LogP contribution < -0.4 is 0 Å². The fourth-order valence-electron chi connectivity index (χ4n) is 0.538. The highest BCUT2D eigenvalue weighted by atomic mass is 16.5. The average molecular weight is 160 g/mol. The standard InChI is InChI=1S/C8H16O3/c1-3-5-11-6-4-8(2,10)7-9/h3,9-10H,1,4-7H2,2H3. The monoisotopic (exact) mass is 160 g/mol. The molecule has 0 saturated heterocycles. The van der Waals surface area contributed by atoms with Gasteiger partial charge in [-0.3, -0.25) is 0 Å². The molecule has 0 spiro atoms. The Labute approximate surface area is 67.3 Å². The van der Waals surface area contributed by atoms with Crippen LogP contribution in [0.1, 0.15) is 13.3 Å². The second kappa shape index (κ2) is 5.29. The lowest BCUT2D eigenvalue weighted by atomic mass is 10.1. The lowest BCUT2D eigenvalue weighted by Crippen LogP contribution is -2.30. The van der Waals surface area contributed by atoms with E-state index in [1.165, 1.54) is 0 Å². The van der Waals surface area contributed by atoms with Crippen molar-refractivity contribution in [1.82, 2.24) is 0 Å². The average Bonchev–Trinajstić information content (AvgIpc) is 1.99. The van der Waals surface area contributed by atoms with Crippen LogP contribution in [0.15, 0.2) is 12.7 Å². The molecule has 0 aliphatic carbocycles. The van der Waals surface area contributed by atoms with Gasteiger partial charge in [0.05, 0.1) is 18.8 Å². The van der Waals surface area contributed by atoms with E-state index in [2.05, 4.69) is 6.58 Å². The summed E-state index contributed by atoms with van der Waals surface area (Å²) in [7, 11) is 0. The van der Waals surface area contributed by atoms with Crippen LogP contribution in [0.4, 0.5) is 0 Å². The minimum absolute atomic E-state index is 0.232. The second-order valence-corrected chi connectivity index (χ2v) is 2.77. The lowest BCUT2D eigenvalue weighted by molar-refractivity contribution is -0.0240. The van der Waals surface area contributed by atoms with Crippen molar-refractivity contribution < 1.29 is 14.9 Å². The van der Waals surface area contributed by atoms with Gasteiger partial charge in [-0.1, -0.05) is 6.08 Å². The maximum atomic E-state index is 9.27. The third-order valence-electron chi connectivity index (χ3n) is 1.36. The fraction of sp³-hybridized carbons (Fsp3) is 0.750. The summed E-state index contributed by atoms with van der Waals surface area (Å²) < 4.78 is 5.03. The van der Waals surface area contributed by atoms with Crippen LogP contribution in [0.5, 0.6) is 0 Å². The maximum Gasteiger partial charge on any atom is 0.0871 e. The highest BCUT2D eigenvalue weighted by Crippen LogP contribution is 2.06. The van der Waals surface area contributed by atoms with Crippen molar-refractivity contribution in [3.63, 3.8) is 0 Å². The molecular weight excluding hydrogens is 144 g/mol. The van der Waals surface area contributed by atoms with Crippen molar-refractivity contribution in [3.8, 4) is 0 Å². The van der Waals surface area contributed by atoms with Crippen LogP contribution in [0.2, 0.25) is 0 Å². The van der Waals surface area contributed by atoms with E-state index in [-0.39, 0.29) is 6.61 Å². The largest absolute Gasteiger partial charge is 0.393 e. The minimum atomic E-state index is -1.01. The van der Waals surface area contributed by atoms with Gasteiger partial charge in [0.2, 0.25) is 0 Å². The first-order valence-corrected chi connectivity index (χ1v) is 3.64. The van der Waals surface area contributed by atoms with Gasteiger partial charge in [0, 0.05) is 13.0 Å². The molecule has 2 N–H and O–H groups in total. The topological polar surface area (TPSA) is 49.7 Å². The van der Waals surface area contributed by atoms with Gasteiger partial charge in [-0.15, -0.1) is 6.58 Å².